The first-order chi connectivity index (χ1) is 11.1. The molecule has 0 saturated heterocycles. The molecule has 1 heterocycles. The van der Waals surface area contributed by atoms with Crippen molar-refractivity contribution in [1.82, 2.24) is 4.98 Å². The van der Waals surface area contributed by atoms with E-state index in [1.54, 1.807) is 11.3 Å². The number of nitrogens with zero attached hydrogens (tertiary/aromatic N) is 2. The lowest BCUT2D eigenvalue weighted by Crippen LogP contribution is -2.23. The lowest BCUT2D eigenvalue weighted by Gasteiger charge is -2.13. The van der Waals surface area contributed by atoms with Crippen molar-refractivity contribution in [1.29, 1.82) is 0 Å². The van der Waals surface area contributed by atoms with E-state index in [0.29, 0.717) is 31.5 Å². The van der Waals surface area contributed by atoms with Crippen molar-refractivity contribution in [3.8, 4) is 11.5 Å². The van der Waals surface area contributed by atoms with Gasteiger partial charge < -0.3 is 20.5 Å². The van der Waals surface area contributed by atoms with Crippen LogP contribution in [0.25, 0.3) is 0 Å². The lowest BCUT2D eigenvalue weighted by molar-refractivity contribution is 0.332. The standard InChI is InChI=1S/C16H22N4O2S.HI/c1-4-21-13-6-7-15(22-5-2)14(8-13)20-16(17)18-9-12-10-23-11(3)19-12;/h6-8,10H,4-5,9H2,1-3H3,(H3,17,18,20);1H. The van der Waals surface area contributed by atoms with Gasteiger partial charge in [-0.05, 0) is 32.9 Å². The van der Waals surface area contributed by atoms with Crippen LogP contribution in [0, 0.1) is 6.92 Å². The summed E-state index contributed by atoms with van der Waals surface area (Å²) in [6.45, 7) is 7.45. The van der Waals surface area contributed by atoms with E-state index in [2.05, 4.69) is 15.3 Å². The number of rotatable bonds is 7. The molecule has 0 atom stereocenters. The van der Waals surface area contributed by atoms with Crippen molar-refractivity contribution in [2.24, 2.45) is 10.7 Å². The van der Waals surface area contributed by atoms with Gasteiger partial charge in [0.1, 0.15) is 11.5 Å². The number of thiazole rings is 1. The van der Waals surface area contributed by atoms with Crippen molar-refractivity contribution in [2.75, 3.05) is 18.5 Å². The largest absolute Gasteiger partial charge is 0.494 e. The summed E-state index contributed by atoms with van der Waals surface area (Å²) in [5.74, 6) is 1.77. The summed E-state index contributed by atoms with van der Waals surface area (Å²) < 4.78 is 11.1. The minimum atomic E-state index is 0. The lowest BCUT2D eigenvalue weighted by atomic mass is 10.2. The third-order valence-corrected chi connectivity index (χ3v) is 3.72. The van der Waals surface area contributed by atoms with Gasteiger partial charge in [0.05, 0.1) is 36.1 Å². The summed E-state index contributed by atoms with van der Waals surface area (Å²) in [5.41, 5.74) is 7.61. The number of halogens is 1. The zero-order valence-electron chi connectivity index (χ0n) is 14.0. The van der Waals surface area contributed by atoms with Crippen molar-refractivity contribution < 1.29 is 9.47 Å². The molecule has 0 bridgehead atoms. The molecule has 2 aromatic rings. The molecule has 0 aliphatic carbocycles. The maximum Gasteiger partial charge on any atom is 0.193 e. The molecule has 2 rings (SSSR count). The highest BCUT2D eigenvalue weighted by Crippen LogP contribution is 2.29. The average Bonchev–Trinajstić information content (AvgIpc) is 2.94. The second-order valence-electron chi connectivity index (χ2n) is 4.71. The van der Waals surface area contributed by atoms with Gasteiger partial charge in [0.2, 0.25) is 0 Å². The van der Waals surface area contributed by atoms with Crippen LogP contribution in [0.2, 0.25) is 0 Å². The van der Waals surface area contributed by atoms with Crippen LogP contribution in [-0.2, 0) is 6.54 Å². The maximum atomic E-state index is 5.97. The Morgan fingerprint density at radius 1 is 1.29 bits per heavy atom. The Hall–Kier alpha value is -1.55. The van der Waals surface area contributed by atoms with Gasteiger partial charge in [0.25, 0.3) is 0 Å². The molecule has 24 heavy (non-hydrogen) atoms. The molecule has 1 aromatic carbocycles. The second kappa shape index (κ2) is 10.3. The van der Waals surface area contributed by atoms with Gasteiger partial charge in [-0.25, -0.2) is 9.98 Å². The number of aryl methyl sites for hydroxylation is 1. The van der Waals surface area contributed by atoms with E-state index in [1.807, 2.05) is 44.4 Å². The summed E-state index contributed by atoms with van der Waals surface area (Å²) in [4.78, 5) is 8.67. The normalized spacial score (nSPS) is 10.9. The Bertz CT molecular complexity index is 676. The fraction of sp³-hybridized carbons (Fsp3) is 0.375. The van der Waals surface area contributed by atoms with Gasteiger partial charge in [0.15, 0.2) is 5.96 Å². The average molecular weight is 462 g/mol. The Balaban J connectivity index is 0.00000288. The van der Waals surface area contributed by atoms with Crippen molar-refractivity contribution in [3.63, 3.8) is 0 Å². The molecule has 0 aliphatic rings. The van der Waals surface area contributed by atoms with E-state index in [1.165, 1.54) is 0 Å². The van der Waals surface area contributed by atoms with Gasteiger partial charge in [0, 0.05) is 11.4 Å². The molecular formula is C16H23IN4O2S. The van der Waals surface area contributed by atoms with Gasteiger partial charge in [-0.2, -0.15) is 0 Å². The summed E-state index contributed by atoms with van der Waals surface area (Å²) in [6, 6.07) is 5.57. The highest BCUT2D eigenvalue weighted by atomic mass is 127. The number of nitrogens with one attached hydrogen (secondary N) is 1. The maximum absolute atomic E-state index is 5.97. The van der Waals surface area contributed by atoms with Crippen LogP contribution in [0.15, 0.2) is 28.6 Å². The predicted molar refractivity (Wildman–Crippen MR) is 110 cm³/mol. The fourth-order valence-corrected chi connectivity index (χ4v) is 2.57. The number of nitrogens with two attached hydrogens (primary N) is 1. The zero-order chi connectivity index (χ0) is 16.7. The highest BCUT2D eigenvalue weighted by molar-refractivity contribution is 14.0. The van der Waals surface area contributed by atoms with Gasteiger partial charge in [-0.1, -0.05) is 0 Å². The third-order valence-electron chi connectivity index (χ3n) is 2.90. The molecule has 0 spiro atoms. The molecular weight excluding hydrogens is 439 g/mol. The van der Waals surface area contributed by atoms with Gasteiger partial charge in [-0.15, -0.1) is 35.3 Å². The molecule has 0 radical (unpaired) electrons. The van der Waals surface area contributed by atoms with Crippen molar-refractivity contribution in [2.45, 2.75) is 27.3 Å². The van der Waals surface area contributed by atoms with Gasteiger partial charge >= 0.3 is 0 Å². The number of hydrogen-bond acceptors (Lipinski definition) is 5. The quantitative estimate of drug-likeness (QED) is 0.372. The summed E-state index contributed by atoms with van der Waals surface area (Å²) >= 11 is 1.60. The zero-order valence-corrected chi connectivity index (χ0v) is 17.2. The van der Waals surface area contributed by atoms with Crippen LogP contribution >= 0.6 is 35.3 Å². The fourth-order valence-electron chi connectivity index (χ4n) is 1.97. The number of anilines is 1. The smallest absolute Gasteiger partial charge is 0.193 e. The van der Waals surface area contributed by atoms with Gasteiger partial charge in [-0.3, -0.25) is 0 Å². The van der Waals surface area contributed by atoms with Crippen molar-refractivity contribution >= 4 is 47.0 Å². The Labute approximate surface area is 163 Å². The summed E-state index contributed by atoms with van der Waals surface area (Å²) in [7, 11) is 0. The van der Waals surface area contributed by atoms with Crippen LogP contribution in [0.4, 0.5) is 5.69 Å². The van der Waals surface area contributed by atoms with Crippen LogP contribution in [0.5, 0.6) is 11.5 Å². The number of hydrogen-bond donors (Lipinski definition) is 2. The monoisotopic (exact) mass is 462 g/mol. The second-order valence-corrected chi connectivity index (χ2v) is 5.77. The molecule has 3 N–H and O–H groups in total. The van der Waals surface area contributed by atoms with E-state index in [4.69, 9.17) is 15.2 Å². The van der Waals surface area contributed by atoms with E-state index >= 15 is 0 Å². The van der Waals surface area contributed by atoms with Crippen LogP contribution < -0.4 is 20.5 Å². The highest BCUT2D eigenvalue weighted by Gasteiger charge is 2.07. The number of aliphatic imine (C=N–C) groups is 1. The van der Waals surface area contributed by atoms with E-state index in [-0.39, 0.29) is 24.0 Å². The minimum absolute atomic E-state index is 0. The topological polar surface area (TPSA) is 81.8 Å². The first-order valence-corrected chi connectivity index (χ1v) is 8.38. The number of ether oxygens (including phenoxy) is 2. The Morgan fingerprint density at radius 3 is 2.67 bits per heavy atom. The molecule has 0 saturated carbocycles. The molecule has 0 unspecified atom stereocenters. The number of benzene rings is 1. The van der Waals surface area contributed by atoms with Crippen molar-refractivity contribution in [3.05, 3.63) is 34.3 Å². The van der Waals surface area contributed by atoms with Crippen LogP contribution in [0.1, 0.15) is 24.5 Å². The Kier molecular flexibility index (Phi) is 8.83. The van der Waals surface area contributed by atoms with E-state index in [9.17, 15) is 0 Å². The molecule has 0 amide bonds. The molecule has 8 heteroatoms. The summed E-state index contributed by atoms with van der Waals surface area (Å²) in [6.07, 6.45) is 0. The minimum Gasteiger partial charge on any atom is -0.494 e. The number of aromatic nitrogens is 1. The molecule has 1 aromatic heterocycles. The van der Waals surface area contributed by atoms with Crippen LogP contribution in [-0.4, -0.2) is 24.2 Å². The SMILES string of the molecule is CCOc1ccc(OCC)c(NC(N)=NCc2csc(C)n2)c1.I. The molecule has 0 fully saturated rings. The number of guanidine groups is 1. The predicted octanol–water partition coefficient (Wildman–Crippen LogP) is 3.79. The molecule has 6 nitrogen and oxygen atoms in total. The summed E-state index contributed by atoms with van der Waals surface area (Å²) in [5, 5.41) is 6.07. The van der Waals surface area contributed by atoms with Crippen LogP contribution in [0.3, 0.4) is 0 Å². The molecule has 0 aliphatic heterocycles. The Morgan fingerprint density at radius 2 is 2.04 bits per heavy atom. The first kappa shape index (κ1) is 20.5. The third kappa shape index (κ3) is 6.16. The van der Waals surface area contributed by atoms with E-state index < -0.39 is 0 Å². The van der Waals surface area contributed by atoms with E-state index in [0.717, 1.165) is 22.1 Å². The molecule has 132 valence electrons. The first-order valence-electron chi connectivity index (χ1n) is 7.50.